The van der Waals surface area contributed by atoms with E-state index in [1.54, 1.807) is 6.21 Å². The first-order chi connectivity index (χ1) is 16.7. The smallest absolute Gasteiger partial charge is 0.133 e. The third-order valence-electron chi connectivity index (χ3n) is 6.57. The van der Waals surface area contributed by atoms with E-state index in [9.17, 15) is 5.11 Å². The Balaban J connectivity index is 1.88. The van der Waals surface area contributed by atoms with E-state index in [0.717, 1.165) is 49.9 Å². The Bertz CT molecular complexity index is 1140. The average molecular weight is 572 g/mol. The van der Waals surface area contributed by atoms with Gasteiger partial charge >= 0.3 is 0 Å². The van der Waals surface area contributed by atoms with E-state index in [4.69, 9.17) is 26.3 Å². The fraction of sp³-hybridized carbons (Fsp3) is 0.520. The maximum absolute atomic E-state index is 11.0. The molecule has 1 aliphatic rings. The Hall–Kier alpha value is -0.520. The molecule has 1 saturated carbocycles. The molecular formula is C25H38ClN3O2P4. The maximum Gasteiger partial charge on any atom is 0.133 e. The number of phenols is 1. The van der Waals surface area contributed by atoms with E-state index in [-0.39, 0.29) is 33.1 Å². The van der Waals surface area contributed by atoms with Gasteiger partial charge in [-0.05, 0) is 82.8 Å². The van der Waals surface area contributed by atoms with E-state index in [0.29, 0.717) is 6.61 Å². The zero-order valence-electron chi connectivity index (χ0n) is 21.6. The third-order valence-corrected chi connectivity index (χ3v) is 26.1. The lowest BCUT2D eigenvalue weighted by Gasteiger charge is -2.29. The molecule has 1 aliphatic carbocycles. The van der Waals surface area contributed by atoms with Crippen molar-refractivity contribution in [3.8, 4) is 11.5 Å². The van der Waals surface area contributed by atoms with Crippen LogP contribution in [0.3, 0.4) is 0 Å². The highest BCUT2D eigenvalue weighted by molar-refractivity contribution is 8.64. The largest absolute Gasteiger partial charge is 0.507 e. The summed E-state index contributed by atoms with van der Waals surface area (Å²) < 4.78 is 11.5. The van der Waals surface area contributed by atoms with E-state index in [2.05, 4.69) is 44.7 Å². The fourth-order valence-corrected chi connectivity index (χ4v) is 23.4. The van der Waals surface area contributed by atoms with Crippen LogP contribution in [0.15, 0.2) is 21.9 Å². The van der Waals surface area contributed by atoms with Crippen molar-refractivity contribution in [1.29, 1.82) is 0 Å². The van der Waals surface area contributed by atoms with E-state index < -0.39 is 6.41 Å². The first-order valence-electron chi connectivity index (χ1n) is 11.9. The van der Waals surface area contributed by atoms with Crippen LogP contribution in [0.4, 0.5) is 0 Å². The van der Waals surface area contributed by atoms with Gasteiger partial charge < -0.3 is 9.84 Å². The van der Waals surface area contributed by atoms with Gasteiger partial charge in [0.25, 0.3) is 0 Å². The second-order valence-electron chi connectivity index (χ2n) is 9.48. The Kier molecular flexibility index (Phi) is 10.6. The second kappa shape index (κ2) is 12.8. The minimum absolute atomic E-state index is 0.128. The minimum atomic E-state index is -1.65. The van der Waals surface area contributed by atoms with Crippen molar-refractivity contribution in [3.63, 3.8) is 0 Å². The summed E-state index contributed by atoms with van der Waals surface area (Å²) in [5.74, 6) is 3.21. The lowest BCUT2D eigenvalue weighted by atomic mass is 9.91. The van der Waals surface area contributed by atoms with Gasteiger partial charge in [0.2, 0.25) is 0 Å². The molecular weight excluding hydrogens is 534 g/mol. The first kappa shape index (κ1) is 29.0. The molecule has 1 fully saturated rings. The number of nitrogens with one attached hydrogen (secondary N) is 1. The van der Waals surface area contributed by atoms with Crippen molar-refractivity contribution >= 4 is 60.1 Å². The molecule has 0 saturated heterocycles. The van der Waals surface area contributed by atoms with Gasteiger partial charge in [0.15, 0.2) is 0 Å². The standard InChI is InChI=1S/C25H38ClN3O2P4/c1-17-12-19(14-27-21-10-8-9-11-22(21)29-26)23(30)20(13-17)15-31-24-18(2)25(24)35(33(4)5,34(6)7)28-16-32-3/h12-14,16,21-22,29-30H,3,8-11,15H2,1-2,4-7H3. The molecule has 2 atom stereocenters. The molecule has 5 nitrogen and oxygen atoms in total. The van der Waals surface area contributed by atoms with E-state index in [1.165, 1.54) is 16.9 Å². The average Bonchev–Trinajstić information content (AvgIpc) is 3.47. The zero-order valence-corrected chi connectivity index (χ0v) is 26.0. The quantitative estimate of drug-likeness (QED) is 0.172. The molecule has 35 heavy (non-hydrogen) atoms. The molecule has 0 bridgehead atoms. The number of rotatable bonds is 10. The van der Waals surface area contributed by atoms with Crippen molar-refractivity contribution in [2.45, 2.75) is 58.2 Å². The van der Waals surface area contributed by atoms with E-state index in [1.807, 2.05) is 25.0 Å². The Morgan fingerprint density at radius 1 is 1.23 bits per heavy atom. The van der Waals surface area contributed by atoms with Crippen molar-refractivity contribution < 1.29 is 9.84 Å². The molecule has 2 aromatic rings. The van der Waals surface area contributed by atoms with Crippen molar-refractivity contribution in [2.24, 2.45) is 9.76 Å². The highest BCUT2D eigenvalue weighted by Gasteiger charge is 2.34. The topological polar surface area (TPSA) is 66.2 Å². The van der Waals surface area contributed by atoms with Crippen molar-refractivity contribution in [3.05, 3.63) is 39.3 Å². The van der Waals surface area contributed by atoms with Gasteiger partial charge in [-0.15, -0.1) is 0 Å². The molecule has 2 N–H and O–H groups in total. The van der Waals surface area contributed by atoms with Crippen LogP contribution in [-0.2, 0) is 6.61 Å². The van der Waals surface area contributed by atoms with Crippen LogP contribution >= 0.6 is 41.6 Å². The molecule has 0 aromatic heterocycles. The van der Waals surface area contributed by atoms with Crippen molar-refractivity contribution in [2.75, 3.05) is 26.7 Å². The van der Waals surface area contributed by atoms with Crippen LogP contribution in [0.2, 0.25) is 0 Å². The number of hydrogen-bond donors (Lipinski definition) is 2. The first-order valence-corrected chi connectivity index (χ1v) is 21.0. The number of phenolic OH excluding ortho intramolecular Hbond substituents is 1. The van der Waals surface area contributed by atoms with Gasteiger partial charge in [-0.3, -0.25) is 9.76 Å². The summed E-state index contributed by atoms with van der Waals surface area (Å²) in [6.07, 6.45) is 8.44. The normalized spacial score (nSPS) is 19.8. The number of nitrogens with zero attached hydrogens (tertiary/aromatic N) is 2. The summed E-state index contributed by atoms with van der Waals surface area (Å²) in [4.78, 5) is 9.01. The number of hydrogen-bond acceptors (Lipinski definition) is 5. The Labute approximate surface area is 219 Å². The monoisotopic (exact) mass is 571 g/mol. The molecule has 2 aromatic carbocycles. The molecule has 10 heteroatoms. The zero-order chi connectivity index (χ0) is 25.8. The van der Waals surface area contributed by atoms with Crippen LogP contribution in [0.25, 0.3) is 0 Å². The molecule has 3 rings (SSSR count). The summed E-state index contributed by atoms with van der Waals surface area (Å²) in [6.45, 7) is 13.9. The Morgan fingerprint density at radius 2 is 1.91 bits per heavy atom. The second-order valence-corrected chi connectivity index (χ2v) is 24.7. The summed E-state index contributed by atoms with van der Waals surface area (Å²) in [5, 5.41) is 11.0. The number of aliphatic imine (C=N–C) groups is 1. The molecule has 0 heterocycles. The highest BCUT2D eigenvalue weighted by Crippen LogP contribution is 2.93. The van der Waals surface area contributed by atoms with Crippen LogP contribution in [-0.4, -0.2) is 62.3 Å². The molecule has 0 amide bonds. The van der Waals surface area contributed by atoms with Crippen LogP contribution in [0.5, 0.6) is 11.5 Å². The summed E-state index contributed by atoms with van der Waals surface area (Å²) in [6, 6.07) is 4.27. The fourth-order valence-electron chi connectivity index (χ4n) is 4.75. The summed E-state index contributed by atoms with van der Waals surface area (Å²) in [5.41, 5.74) is 3.82. The van der Waals surface area contributed by atoms with Gasteiger partial charge in [-0.1, -0.05) is 42.6 Å². The molecule has 192 valence electrons. The van der Waals surface area contributed by atoms with Gasteiger partial charge in [-0.2, -0.15) is 0 Å². The van der Waals surface area contributed by atoms with Crippen LogP contribution in [0, 0.1) is 18.8 Å². The van der Waals surface area contributed by atoms with Gasteiger partial charge in [0.1, 0.15) is 18.1 Å². The van der Waals surface area contributed by atoms with Gasteiger partial charge in [-0.25, -0.2) is 4.84 Å². The number of ether oxygens (including phenoxy) is 1. The highest BCUT2D eigenvalue weighted by atomic mass is 35.5. The predicted molar refractivity (Wildman–Crippen MR) is 164 cm³/mol. The summed E-state index contributed by atoms with van der Waals surface area (Å²) in [7, 11) is 0.430. The Morgan fingerprint density at radius 3 is 2.54 bits per heavy atom. The number of aryl methyl sites for hydroxylation is 1. The van der Waals surface area contributed by atoms with Gasteiger partial charge in [0.05, 0.1) is 18.4 Å². The number of aromatic hydroxyl groups is 1. The SMILES string of the molecule is C=PC=NP(=c1c(C)c1OCc1cc(C)cc(C=NC2CCCCC2NCl)c1O)(P(C)C)P(C)C. The van der Waals surface area contributed by atoms with E-state index >= 15 is 0 Å². The minimum Gasteiger partial charge on any atom is -0.507 e. The number of benzene rings is 1. The molecule has 0 radical (unpaired) electrons. The van der Waals surface area contributed by atoms with Crippen LogP contribution < -0.4 is 9.57 Å². The van der Waals surface area contributed by atoms with Crippen molar-refractivity contribution in [1.82, 2.24) is 4.84 Å². The molecule has 0 aliphatic heterocycles. The van der Waals surface area contributed by atoms with Gasteiger partial charge in [0, 0.05) is 33.9 Å². The third kappa shape index (κ3) is 6.49. The lowest BCUT2D eigenvalue weighted by molar-refractivity contribution is 0.306. The molecule has 0 spiro atoms. The maximum atomic E-state index is 11.0. The lowest BCUT2D eigenvalue weighted by Crippen LogP contribution is -2.36. The number of halogens is 1. The van der Waals surface area contributed by atoms with Crippen LogP contribution in [0.1, 0.15) is 47.9 Å². The molecule has 2 unspecified atom stereocenters. The summed E-state index contributed by atoms with van der Waals surface area (Å²) >= 11 is 5.93. The predicted octanol–water partition coefficient (Wildman–Crippen LogP) is 8.12.